The fraction of sp³-hybridized carbons (Fsp3) is 0.300. The van der Waals surface area contributed by atoms with Crippen LogP contribution in [-0.2, 0) is 4.74 Å². The average molecular weight is 288 g/mol. The Morgan fingerprint density at radius 2 is 2.38 bits per heavy atom. The fourth-order valence-corrected chi connectivity index (χ4v) is 1.79. The van der Waals surface area contributed by atoms with Gasteiger partial charge in [0.1, 0.15) is 11.6 Å². The summed E-state index contributed by atoms with van der Waals surface area (Å²) < 4.78 is 18.6. The molecule has 0 fully saturated rings. The maximum atomic E-state index is 13.3. The van der Waals surface area contributed by atoms with E-state index in [0.29, 0.717) is 27.9 Å². The molecule has 0 saturated carbocycles. The smallest absolute Gasteiger partial charge is 0.139 e. The lowest BCUT2D eigenvalue weighted by Crippen LogP contribution is -2.17. The van der Waals surface area contributed by atoms with E-state index in [1.165, 1.54) is 6.07 Å². The Morgan fingerprint density at radius 3 is 3.06 bits per heavy atom. The zero-order valence-electron chi connectivity index (χ0n) is 8.63. The normalized spacial score (nSPS) is 13.2. The summed E-state index contributed by atoms with van der Waals surface area (Å²) in [6, 6.07) is 2.67. The Labute approximate surface area is 100 Å². The highest BCUT2D eigenvalue weighted by molar-refractivity contribution is 9.10. The average Bonchev–Trinajstić information content (AvgIpc) is 2.62. The van der Waals surface area contributed by atoms with Crippen LogP contribution >= 0.6 is 15.9 Å². The third-order valence-corrected chi connectivity index (χ3v) is 2.85. The lowest BCUT2D eigenvalue weighted by atomic mass is 10.3. The van der Waals surface area contributed by atoms with Gasteiger partial charge in [-0.15, -0.1) is 0 Å². The number of fused-ring (bicyclic) bond motifs is 1. The minimum Gasteiger partial charge on any atom is -0.383 e. The third kappa shape index (κ3) is 2.09. The van der Waals surface area contributed by atoms with Gasteiger partial charge in [-0.1, -0.05) is 0 Å². The lowest BCUT2D eigenvalue weighted by Gasteiger charge is -2.05. The zero-order valence-corrected chi connectivity index (χ0v) is 10.2. The molecular formula is C10H11BrFN3O. The molecule has 1 aromatic carbocycles. The Bertz CT molecular complexity index is 475. The number of rotatable bonds is 3. The van der Waals surface area contributed by atoms with Crippen LogP contribution in [0.2, 0.25) is 0 Å². The molecule has 0 aliphatic carbocycles. The zero-order chi connectivity index (χ0) is 11.7. The molecule has 4 nitrogen and oxygen atoms in total. The quantitative estimate of drug-likeness (QED) is 0.909. The predicted octanol–water partition coefficient (Wildman–Crippen LogP) is 2.11. The van der Waals surface area contributed by atoms with Crippen molar-refractivity contribution < 1.29 is 9.13 Å². The molecule has 0 radical (unpaired) electrons. The number of aromatic nitrogens is 2. The van der Waals surface area contributed by atoms with Gasteiger partial charge < -0.3 is 15.5 Å². The number of nitrogens with zero attached hydrogens (tertiary/aromatic N) is 1. The van der Waals surface area contributed by atoms with E-state index in [4.69, 9.17) is 10.5 Å². The topological polar surface area (TPSA) is 63.9 Å². The molecule has 2 rings (SSSR count). The molecular weight excluding hydrogens is 277 g/mol. The second kappa shape index (κ2) is 4.48. The molecule has 0 aliphatic heterocycles. The molecule has 16 heavy (non-hydrogen) atoms. The second-order valence-corrected chi connectivity index (χ2v) is 4.32. The number of nitrogens with one attached hydrogen (secondary N) is 1. The molecule has 1 unspecified atom stereocenters. The summed E-state index contributed by atoms with van der Waals surface area (Å²) in [6.07, 6.45) is 0. The number of nitrogens with two attached hydrogens (primary N) is 1. The van der Waals surface area contributed by atoms with Crippen molar-refractivity contribution in [2.45, 2.75) is 6.04 Å². The molecule has 0 bridgehead atoms. The van der Waals surface area contributed by atoms with Gasteiger partial charge in [-0.3, -0.25) is 0 Å². The number of ether oxygens (including phenoxy) is 1. The highest BCUT2D eigenvalue weighted by atomic mass is 79.9. The predicted molar refractivity (Wildman–Crippen MR) is 62.6 cm³/mol. The van der Waals surface area contributed by atoms with Crippen molar-refractivity contribution in [2.75, 3.05) is 13.7 Å². The summed E-state index contributed by atoms with van der Waals surface area (Å²) >= 11 is 3.11. The summed E-state index contributed by atoms with van der Waals surface area (Å²) in [5.74, 6) is 0.261. The van der Waals surface area contributed by atoms with Crippen molar-refractivity contribution in [3.05, 3.63) is 28.2 Å². The van der Waals surface area contributed by atoms with E-state index in [1.807, 2.05) is 0 Å². The van der Waals surface area contributed by atoms with Crippen molar-refractivity contribution in [1.29, 1.82) is 0 Å². The van der Waals surface area contributed by atoms with E-state index in [2.05, 4.69) is 25.9 Å². The van der Waals surface area contributed by atoms with E-state index in [-0.39, 0.29) is 11.9 Å². The standard InChI is InChI=1S/C10H11BrFN3O/c1-16-4-7(13)10-14-8-2-5(11)6(12)3-9(8)15-10/h2-3,7H,4,13H2,1H3,(H,14,15). The summed E-state index contributed by atoms with van der Waals surface area (Å²) in [4.78, 5) is 7.25. The van der Waals surface area contributed by atoms with Gasteiger partial charge in [0.05, 0.1) is 28.2 Å². The van der Waals surface area contributed by atoms with Crippen LogP contribution in [0, 0.1) is 5.82 Å². The van der Waals surface area contributed by atoms with Gasteiger partial charge in [0.15, 0.2) is 0 Å². The number of halogens is 2. The SMILES string of the molecule is COCC(N)c1nc2cc(Br)c(F)cc2[nH]1. The maximum absolute atomic E-state index is 13.3. The number of aromatic amines is 1. The largest absolute Gasteiger partial charge is 0.383 e. The van der Waals surface area contributed by atoms with Crippen molar-refractivity contribution in [3.63, 3.8) is 0 Å². The minimum atomic E-state index is -0.334. The minimum absolute atomic E-state index is 0.331. The first-order valence-corrected chi connectivity index (χ1v) is 5.50. The van der Waals surface area contributed by atoms with Crippen LogP contribution in [-0.4, -0.2) is 23.7 Å². The van der Waals surface area contributed by atoms with Gasteiger partial charge in [0.2, 0.25) is 0 Å². The first-order chi connectivity index (χ1) is 7.61. The fourth-order valence-electron chi connectivity index (χ4n) is 1.46. The number of methoxy groups -OCH3 is 1. The molecule has 0 saturated heterocycles. The molecule has 1 atom stereocenters. The molecule has 86 valence electrons. The van der Waals surface area contributed by atoms with E-state index < -0.39 is 0 Å². The first kappa shape index (κ1) is 11.5. The van der Waals surface area contributed by atoms with Crippen molar-refractivity contribution in [3.8, 4) is 0 Å². The number of hydrogen-bond acceptors (Lipinski definition) is 3. The summed E-state index contributed by atoms with van der Waals surface area (Å²) in [5.41, 5.74) is 7.12. The lowest BCUT2D eigenvalue weighted by molar-refractivity contribution is 0.178. The molecule has 6 heteroatoms. The van der Waals surface area contributed by atoms with Crippen molar-refractivity contribution in [2.24, 2.45) is 5.73 Å². The van der Waals surface area contributed by atoms with Crippen LogP contribution in [0.15, 0.2) is 16.6 Å². The van der Waals surface area contributed by atoms with Crippen LogP contribution < -0.4 is 5.73 Å². The maximum Gasteiger partial charge on any atom is 0.139 e. The van der Waals surface area contributed by atoms with Crippen LogP contribution in [0.25, 0.3) is 11.0 Å². The van der Waals surface area contributed by atoms with Crippen molar-refractivity contribution >= 4 is 27.0 Å². The van der Waals surface area contributed by atoms with Gasteiger partial charge in [-0.2, -0.15) is 0 Å². The van der Waals surface area contributed by atoms with E-state index in [1.54, 1.807) is 13.2 Å². The Kier molecular flexibility index (Phi) is 3.22. The number of benzene rings is 1. The Hall–Kier alpha value is -0.980. The van der Waals surface area contributed by atoms with Gasteiger partial charge in [0.25, 0.3) is 0 Å². The highest BCUT2D eigenvalue weighted by Gasteiger charge is 2.12. The molecule has 0 amide bonds. The number of hydrogen-bond donors (Lipinski definition) is 2. The van der Waals surface area contributed by atoms with Crippen LogP contribution in [0.3, 0.4) is 0 Å². The number of imidazole rings is 1. The highest BCUT2D eigenvalue weighted by Crippen LogP contribution is 2.22. The van der Waals surface area contributed by atoms with Gasteiger partial charge in [-0.25, -0.2) is 9.37 Å². The monoisotopic (exact) mass is 287 g/mol. The van der Waals surface area contributed by atoms with Gasteiger partial charge in [0, 0.05) is 13.2 Å². The Balaban J connectivity index is 2.43. The van der Waals surface area contributed by atoms with Crippen LogP contribution in [0.4, 0.5) is 4.39 Å². The molecule has 3 N–H and O–H groups in total. The molecule has 0 spiro atoms. The van der Waals surface area contributed by atoms with Crippen molar-refractivity contribution in [1.82, 2.24) is 9.97 Å². The van der Waals surface area contributed by atoms with Crippen LogP contribution in [0.1, 0.15) is 11.9 Å². The van der Waals surface area contributed by atoms with E-state index in [9.17, 15) is 4.39 Å². The molecule has 0 aliphatic rings. The second-order valence-electron chi connectivity index (χ2n) is 3.47. The summed E-state index contributed by atoms with van der Waals surface area (Å²) in [5, 5.41) is 0. The van der Waals surface area contributed by atoms with Gasteiger partial charge in [-0.05, 0) is 22.0 Å². The van der Waals surface area contributed by atoms with Crippen LogP contribution in [0.5, 0.6) is 0 Å². The summed E-state index contributed by atoms with van der Waals surface area (Å²) in [7, 11) is 1.57. The molecule has 1 heterocycles. The third-order valence-electron chi connectivity index (χ3n) is 2.24. The molecule has 1 aromatic heterocycles. The van der Waals surface area contributed by atoms with E-state index in [0.717, 1.165) is 0 Å². The number of H-pyrrole nitrogens is 1. The van der Waals surface area contributed by atoms with Gasteiger partial charge >= 0.3 is 0 Å². The van der Waals surface area contributed by atoms with E-state index >= 15 is 0 Å². The summed E-state index contributed by atoms with van der Waals surface area (Å²) in [6.45, 7) is 0.365. The molecule has 2 aromatic rings. The Morgan fingerprint density at radius 1 is 1.62 bits per heavy atom. The first-order valence-electron chi connectivity index (χ1n) is 4.71.